The Morgan fingerprint density at radius 2 is 1.82 bits per heavy atom. The fraction of sp³-hybridized carbons (Fsp3) is 0.364. The first-order valence-corrected chi connectivity index (χ1v) is 11.4. The highest BCUT2D eigenvalue weighted by Crippen LogP contribution is 2.29. The highest BCUT2D eigenvalue weighted by molar-refractivity contribution is 6.30. The number of ether oxygens (including phenoxy) is 1. The summed E-state index contributed by atoms with van der Waals surface area (Å²) < 4.78 is 5.33. The van der Waals surface area contributed by atoms with Crippen LogP contribution in [0, 0.1) is 0 Å². The van der Waals surface area contributed by atoms with Gasteiger partial charge in [0.15, 0.2) is 11.0 Å². The van der Waals surface area contributed by atoms with Crippen molar-refractivity contribution in [2.75, 3.05) is 44.2 Å². The van der Waals surface area contributed by atoms with Crippen LogP contribution in [0.3, 0.4) is 0 Å². The number of hydrogen-bond donors (Lipinski definition) is 2. The van der Waals surface area contributed by atoms with Gasteiger partial charge in [-0.15, -0.1) is 10.2 Å². The third-order valence-corrected chi connectivity index (χ3v) is 6.00. The van der Waals surface area contributed by atoms with Gasteiger partial charge in [-0.3, -0.25) is 4.90 Å². The van der Waals surface area contributed by atoms with Gasteiger partial charge < -0.3 is 20.3 Å². The average Bonchev–Trinajstić information content (AvgIpc) is 2.80. The van der Waals surface area contributed by atoms with Gasteiger partial charge in [-0.2, -0.15) is 0 Å². The maximum atomic E-state index is 12.9. The molecule has 33 heavy (non-hydrogen) atoms. The van der Waals surface area contributed by atoms with Crippen LogP contribution < -0.4 is 15.5 Å². The molecular weight excluding hydrogens is 467 g/mol. The molecule has 4 rings (SSSR count). The number of urea groups is 1. The van der Waals surface area contributed by atoms with E-state index in [9.17, 15) is 9.59 Å². The first kappa shape index (κ1) is 23.3. The Kier molecular flexibility index (Phi) is 7.32. The Balaban J connectivity index is 1.54. The summed E-state index contributed by atoms with van der Waals surface area (Å²) in [5, 5.41) is 14.6. The number of aromatic nitrogens is 2. The minimum Gasteiger partial charge on any atom is -0.463 e. The third-order valence-electron chi connectivity index (χ3n) is 5.55. The molecule has 3 heterocycles. The van der Waals surface area contributed by atoms with Crippen LogP contribution in [-0.4, -0.2) is 66.4 Å². The lowest BCUT2D eigenvalue weighted by Gasteiger charge is -2.37. The minimum absolute atomic E-state index is 0.234. The fourth-order valence-corrected chi connectivity index (χ4v) is 4.16. The van der Waals surface area contributed by atoms with Crippen LogP contribution in [0.4, 0.5) is 10.6 Å². The number of nitrogens with zero attached hydrogens (tertiary/aromatic N) is 4. The molecule has 1 aromatic heterocycles. The van der Waals surface area contributed by atoms with E-state index in [0.717, 1.165) is 37.6 Å². The van der Waals surface area contributed by atoms with E-state index < -0.39 is 12.0 Å². The first-order valence-electron chi connectivity index (χ1n) is 10.6. The zero-order valence-electron chi connectivity index (χ0n) is 18.1. The molecule has 2 N–H and O–H groups in total. The van der Waals surface area contributed by atoms with Gasteiger partial charge in [0, 0.05) is 43.4 Å². The van der Waals surface area contributed by atoms with Crippen LogP contribution in [-0.2, 0) is 9.53 Å². The summed E-state index contributed by atoms with van der Waals surface area (Å²) in [6.45, 7) is 5.29. The molecule has 9 nitrogen and oxygen atoms in total. The van der Waals surface area contributed by atoms with E-state index >= 15 is 0 Å². The summed E-state index contributed by atoms with van der Waals surface area (Å²) in [6.07, 6.45) is 0. The molecule has 2 aromatic rings. The second kappa shape index (κ2) is 10.4. The van der Waals surface area contributed by atoms with Crippen LogP contribution in [0.25, 0.3) is 0 Å². The van der Waals surface area contributed by atoms with Gasteiger partial charge in [-0.05, 0) is 36.8 Å². The van der Waals surface area contributed by atoms with Gasteiger partial charge in [0.2, 0.25) is 0 Å². The number of halogens is 2. The number of nitrogens with one attached hydrogen (secondary N) is 2. The lowest BCUT2D eigenvalue weighted by Crippen LogP contribution is -2.52. The van der Waals surface area contributed by atoms with Gasteiger partial charge >= 0.3 is 12.0 Å². The van der Waals surface area contributed by atoms with E-state index in [1.165, 1.54) is 0 Å². The molecule has 2 aliphatic heterocycles. The van der Waals surface area contributed by atoms with Gasteiger partial charge in [-0.25, -0.2) is 9.59 Å². The molecule has 1 saturated heterocycles. The van der Waals surface area contributed by atoms with Crippen LogP contribution in [0.15, 0.2) is 47.7 Å². The van der Waals surface area contributed by atoms with E-state index in [-0.39, 0.29) is 12.6 Å². The van der Waals surface area contributed by atoms with Crippen molar-refractivity contribution in [2.24, 2.45) is 0 Å². The van der Waals surface area contributed by atoms with E-state index in [1.807, 2.05) is 6.07 Å². The molecule has 1 fully saturated rings. The molecule has 0 aliphatic carbocycles. The number of benzene rings is 1. The normalized spacial score (nSPS) is 19.2. The number of amides is 2. The predicted molar refractivity (Wildman–Crippen MR) is 125 cm³/mol. The minimum atomic E-state index is -0.629. The zero-order valence-corrected chi connectivity index (χ0v) is 19.6. The van der Waals surface area contributed by atoms with Gasteiger partial charge in [0.25, 0.3) is 0 Å². The highest BCUT2D eigenvalue weighted by Gasteiger charge is 2.34. The van der Waals surface area contributed by atoms with Crippen molar-refractivity contribution in [1.82, 2.24) is 25.7 Å². The Bertz CT molecular complexity index is 1040. The Morgan fingerprint density at radius 1 is 1.09 bits per heavy atom. The van der Waals surface area contributed by atoms with E-state index in [0.29, 0.717) is 28.0 Å². The van der Waals surface area contributed by atoms with Crippen LogP contribution in [0.5, 0.6) is 0 Å². The lowest BCUT2D eigenvalue weighted by molar-refractivity contribution is -0.139. The van der Waals surface area contributed by atoms with Gasteiger partial charge in [0.1, 0.15) is 0 Å². The summed E-state index contributed by atoms with van der Waals surface area (Å²) >= 11 is 11.9. The summed E-state index contributed by atoms with van der Waals surface area (Å²) in [5.41, 5.74) is 1.68. The van der Waals surface area contributed by atoms with Crippen LogP contribution in [0.2, 0.25) is 10.2 Å². The average molecular weight is 491 g/mol. The summed E-state index contributed by atoms with van der Waals surface area (Å²) in [5.74, 6) is 0.304. The van der Waals surface area contributed by atoms with Gasteiger partial charge in [-0.1, -0.05) is 35.3 Å². The van der Waals surface area contributed by atoms with E-state index in [2.05, 4.69) is 30.6 Å². The van der Waals surface area contributed by atoms with Crippen LogP contribution >= 0.6 is 23.2 Å². The number of anilines is 1. The zero-order chi connectivity index (χ0) is 23.4. The standard InChI is InChI=1S/C22H24Cl2N6O3/c1-2-33-21(31)19-16(25-22(32)26-20(19)14-3-5-15(23)6-4-14)13-29-9-11-30(12-10-29)18-8-7-17(24)27-28-18/h3-8,20H,2,9-13H2,1H3,(H2,25,26,32). The van der Waals surface area contributed by atoms with Crippen molar-refractivity contribution >= 4 is 41.0 Å². The molecule has 1 atom stereocenters. The predicted octanol–water partition coefficient (Wildman–Crippen LogP) is 2.78. The molecule has 0 bridgehead atoms. The molecule has 2 amide bonds. The summed E-state index contributed by atoms with van der Waals surface area (Å²) in [7, 11) is 0. The molecule has 0 radical (unpaired) electrons. The highest BCUT2D eigenvalue weighted by atomic mass is 35.5. The maximum Gasteiger partial charge on any atom is 0.338 e. The number of carbonyl (C=O) groups is 2. The van der Waals surface area contributed by atoms with Gasteiger partial charge in [0.05, 0.1) is 18.2 Å². The topological polar surface area (TPSA) is 99.7 Å². The van der Waals surface area contributed by atoms with Crippen molar-refractivity contribution < 1.29 is 14.3 Å². The molecule has 0 saturated carbocycles. The molecular formula is C22H24Cl2N6O3. The number of carbonyl (C=O) groups excluding carboxylic acids is 2. The lowest BCUT2D eigenvalue weighted by atomic mass is 9.95. The largest absolute Gasteiger partial charge is 0.463 e. The molecule has 11 heteroatoms. The van der Waals surface area contributed by atoms with Crippen LogP contribution in [0.1, 0.15) is 18.5 Å². The number of hydrogen-bond acceptors (Lipinski definition) is 7. The fourth-order valence-electron chi connectivity index (χ4n) is 3.93. The SMILES string of the molecule is CCOC(=O)C1=C(CN2CCN(c3ccc(Cl)nn3)CC2)NC(=O)NC1c1ccc(Cl)cc1. The number of piperazine rings is 1. The summed E-state index contributed by atoms with van der Waals surface area (Å²) in [6, 6.07) is 9.61. The van der Waals surface area contributed by atoms with E-state index in [1.54, 1.807) is 37.3 Å². The number of rotatable bonds is 6. The monoisotopic (exact) mass is 490 g/mol. The van der Waals surface area contributed by atoms with Crippen molar-refractivity contribution in [3.8, 4) is 0 Å². The van der Waals surface area contributed by atoms with Crippen molar-refractivity contribution in [1.29, 1.82) is 0 Å². The van der Waals surface area contributed by atoms with Crippen molar-refractivity contribution in [2.45, 2.75) is 13.0 Å². The Hall–Kier alpha value is -2.88. The van der Waals surface area contributed by atoms with Crippen molar-refractivity contribution in [3.63, 3.8) is 0 Å². The molecule has 1 aromatic carbocycles. The molecule has 1 unspecified atom stereocenters. The smallest absolute Gasteiger partial charge is 0.338 e. The second-order valence-electron chi connectivity index (χ2n) is 7.67. The third kappa shape index (κ3) is 5.55. The molecule has 174 valence electrons. The number of esters is 1. The maximum absolute atomic E-state index is 12.9. The molecule has 2 aliphatic rings. The first-order chi connectivity index (χ1) is 15.9. The van der Waals surface area contributed by atoms with Crippen molar-refractivity contribution in [3.05, 3.63) is 63.4 Å². The second-order valence-corrected chi connectivity index (χ2v) is 8.50. The Morgan fingerprint density at radius 3 is 2.45 bits per heavy atom. The molecule has 0 spiro atoms. The Labute approximate surface area is 201 Å². The quantitative estimate of drug-likeness (QED) is 0.600. The summed E-state index contributed by atoms with van der Waals surface area (Å²) in [4.78, 5) is 29.7. The van der Waals surface area contributed by atoms with E-state index in [4.69, 9.17) is 27.9 Å².